The van der Waals surface area contributed by atoms with Crippen LogP contribution in [0, 0.1) is 0 Å². The normalized spacial score (nSPS) is 15.4. The van der Waals surface area contributed by atoms with E-state index in [1.54, 1.807) is 12.1 Å². The fraction of sp³-hybridized carbons (Fsp3) is 0.176. The van der Waals surface area contributed by atoms with Gasteiger partial charge in [-0.25, -0.2) is 4.79 Å². The molecule has 1 aromatic carbocycles. The van der Waals surface area contributed by atoms with E-state index in [4.69, 9.17) is 9.15 Å². The lowest BCUT2D eigenvalue weighted by Crippen LogP contribution is -2.19. The van der Waals surface area contributed by atoms with Crippen molar-refractivity contribution in [1.82, 2.24) is 5.32 Å². The largest absolute Gasteiger partial charge is 0.485 e. The minimum atomic E-state index is -0.542. The summed E-state index contributed by atoms with van der Waals surface area (Å²) in [4.78, 5) is 22.5. The van der Waals surface area contributed by atoms with E-state index in [9.17, 15) is 9.59 Å². The van der Waals surface area contributed by atoms with Crippen LogP contribution in [0.3, 0.4) is 0 Å². The zero-order chi connectivity index (χ0) is 18.4. The number of nitrogens with zero attached hydrogens (tertiary/aromatic N) is 2. The summed E-state index contributed by atoms with van der Waals surface area (Å²) in [7, 11) is 1.29. The van der Waals surface area contributed by atoms with E-state index in [1.807, 2.05) is 18.2 Å². The Hall–Kier alpha value is -3.07. The summed E-state index contributed by atoms with van der Waals surface area (Å²) in [6, 6.07) is 10.5. The van der Waals surface area contributed by atoms with Crippen molar-refractivity contribution in [3.63, 3.8) is 0 Å². The molecule has 8 nitrogen and oxygen atoms in total. The van der Waals surface area contributed by atoms with Crippen LogP contribution in [0.25, 0.3) is 0 Å². The molecule has 2 aromatic rings. The summed E-state index contributed by atoms with van der Waals surface area (Å²) in [5.74, 6) is 0.910. The van der Waals surface area contributed by atoms with E-state index >= 15 is 0 Å². The summed E-state index contributed by atoms with van der Waals surface area (Å²) in [6.45, 7) is 0.141. The maximum Gasteiger partial charge on any atom is 0.373 e. The number of hydrogen-bond acceptors (Lipinski definition) is 8. The van der Waals surface area contributed by atoms with Crippen LogP contribution in [0.4, 0.5) is 0 Å². The molecule has 134 valence electrons. The average Bonchev–Trinajstić information content (AvgIpc) is 3.29. The number of benzene rings is 1. The SMILES string of the molecule is COC(=O)c1ccc(COc2ccccc2C=NN=C2NC(=O)CS2)o1. The molecule has 3 rings (SSSR count). The Kier molecular flexibility index (Phi) is 5.69. The highest BCUT2D eigenvalue weighted by Gasteiger charge is 2.16. The number of esters is 1. The molecule has 1 aromatic heterocycles. The lowest BCUT2D eigenvalue weighted by molar-refractivity contribution is -0.116. The Labute approximate surface area is 153 Å². The standard InChI is InChI=1S/C17H15N3O5S/c1-23-16(22)14-7-6-12(25-14)9-24-13-5-3-2-4-11(13)8-18-20-17-19-15(21)10-26-17/h2-8H,9-10H2,1H3,(H,19,20,21). The van der Waals surface area contributed by atoms with Gasteiger partial charge in [-0.1, -0.05) is 23.9 Å². The number of thioether (sulfide) groups is 1. The summed E-state index contributed by atoms with van der Waals surface area (Å²) in [5, 5.41) is 11.0. The van der Waals surface area contributed by atoms with Gasteiger partial charge < -0.3 is 19.2 Å². The smallest absolute Gasteiger partial charge is 0.373 e. The predicted octanol–water partition coefficient (Wildman–Crippen LogP) is 2.20. The number of amidine groups is 1. The molecular weight excluding hydrogens is 358 g/mol. The minimum absolute atomic E-state index is 0.0857. The molecule has 0 saturated carbocycles. The molecule has 0 bridgehead atoms. The first-order valence-electron chi connectivity index (χ1n) is 7.58. The number of ether oxygens (including phenoxy) is 2. The topological polar surface area (TPSA) is 102 Å². The van der Waals surface area contributed by atoms with Gasteiger partial charge in [-0.3, -0.25) is 4.79 Å². The molecule has 0 unspecified atom stereocenters. The minimum Gasteiger partial charge on any atom is -0.485 e. The van der Waals surface area contributed by atoms with Crippen molar-refractivity contribution in [2.45, 2.75) is 6.61 Å². The number of carbonyl (C=O) groups excluding carboxylic acids is 2. The van der Waals surface area contributed by atoms with Crippen LogP contribution in [0.5, 0.6) is 5.75 Å². The monoisotopic (exact) mass is 373 g/mol. The van der Waals surface area contributed by atoms with Gasteiger partial charge in [0.1, 0.15) is 18.1 Å². The second-order valence-electron chi connectivity index (χ2n) is 5.07. The summed E-state index contributed by atoms with van der Waals surface area (Å²) in [6.07, 6.45) is 1.54. The number of furan rings is 1. The van der Waals surface area contributed by atoms with Crippen LogP contribution in [-0.4, -0.2) is 36.1 Å². The fourth-order valence-corrected chi connectivity index (χ4v) is 2.69. The zero-order valence-electron chi connectivity index (χ0n) is 13.8. The Morgan fingerprint density at radius 3 is 2.96 bits per heavy atom. The van der Waals surface area contributed by atoms with E-state index in [2.05, 4.69) is 20.3 Å². The van der Waals surface area contributed by atoms with Crippen molar-refractivity contribution < 1.29 is 23.5 Å². The molecule has 1 aliphatic rings. The maximum atomic E-state index is 11.4. The second kappa shape index (κ2) is 8.34. The van der Waals surface area contributed by atoms with Crippen molar-refractivity contribution in [2.75, 3.05) is 12.9 Å². The molecule has 2 heterocycles. The Bertz CT molecular complexity index is 875. The van der Waals surface area contributed by atoms with Gasteiger partial charge in [-0.2, -0.15) is 5.10 Å². The average molecular weight is 373 g/mol. The molecule has 0 aliphatic carbocycles. The number of carbonyl (C=O) groups is 2. The van der Waals surface area contributed by atoms with Crippen molar-refractivity contribution in [3.8, 4) is 5.75 Å². The second-order valence-corrected chi connectivity index (χ2v) is 6.03. The molecule has 0 atom stereocenters. The number of amides is 1. The number of para-hydroxylation sites is 1. The Morgan fingerprint density at radius 2 is 2.19 bits per heavy atom. The highest BCUT2D eigenvalue weighted by atomic mass is 32.2. The summed E-state index contributed by atoms with van der Waals surface area (Å²) in [5.41, 5.74) is 0.714. The molecule has 0 spiro atoms. The molecule has 1 amide bonds. The molecule has 1 N–H and O–H groups in total. The van der Waals surface area contributed by atoms with Crippen LogP contribution in [0.15, 0.2) is 51.0 Å². The quantitative estimate of drug-likeness (QED) is 0.473. The molecule has 1 saturated heterocycles. The van der Waals surface area contributed by atoms with Gasteiger partial charge in [0.2, 0.25) is 11.7 Å². The first kappa shape index (κ1) is 17.7. The predicted molar refractivity (Wildman–Crippen MR) is 96.5 cm³/mol. The first-order valence-corrected chi connectivity index (χ1v) is 8.57. The van der Waals surface area contributed by atoms with Crippen LogP contribution >= 0.6 is 11.8 Å². The van der Waals surface area contributed by atoms with E-state index in [-0.39, 0.29) is 18.3 Å². The molecule has 0 radical (unpaired) electrons. The van der Waals surface area contributed by atoms with Gasteiger partial charge in [-0.15, -0.1) is 5.10 Å². The number of hydrogen-bond donors (Lipinski definition) is 1. The van der Waals surface area contributed by atoms with Crippen molar-refractivity contribution >= 4 is 35.0 Å². The third-order valence-electron chi connectivity index (χ3n) is 3.27. The van der Waals surface area contributed by atoms with Crippen molar-refractivity contribution in [2.24, 2.45) is 10.2 Å². The highest BCUT2D eigenvalue weighted by molar-refractivity contribution is 8.15. The van der Waals surface area contributed by atoms with Crippen LogP contribution in [0.2, 0.25) is 0 Å². The van der Waals surface area contributed by atoms with Gasteiger partial charge in [0, 0.05) is 5.56 Å². The molecule has 1 aliphatic heterocycles. The van der Waals surface area contributed by atoms with Gasteiger partial charge >= 0.3 is 5.97 Å². The lowest BCUT2D eigenvalue weighted by atomic mass is 10.2. The zero-order valence-corrected chi connectivity index (χ0v) is 14.6. The fourth-order valence-electron chi connectivity index (χ4n) is 2.06. The third-order valence-corrected chi connectivity index (χ3v) is 4.13. The van der Waals surface area contributed by atoms with Crippen LogP contribution in [0.1, 0.15) is 21.9 Å². The number of methoxy groups -OCH3 is 1. The van der Waals surface area contributed by atoms with E-state index in [1.165, 1.54) is 31.2 Å². The number of nitrogens with one attached hydrogen (secondary N) is 1. The number of rotatable bonds is 6. The third kappa shape index (κ3) is 4.51. The Morgan fingerprint density at radius 1 is 1.35 bits per heavy atom. The first-order chi connectivity index (χ1) is 12.7. The molecule has 1 fully saturated rings. The molecular formula is C17H15N3O5S. The van der Waals surface area contributed by atoms with Crippen LogP contribution < -0.4 is 10.1 Å². The Balaban J connectivity index is 1.64. The van der Waals surface area contributed by atoms with Gasteiger partial charge in [0.25, 0.3) is 0 Å². The van der Waals surface area contributed by atoms with Crippen molar-refractivity contribution in [1.29, 1.82) is 0 Å². The summed E-state index contributed by atoms with van der Waals surface area (Å²) < 4.78 is 15.7. The highest BCUT2D eigenvalue weighted by Crippen LogP contribution is 2.19. The van der Waals surface area contributed by atoms with E-state index < -0.39 is 5.97 Å². The lowest BCUT2D eigenvalue weighted by Gasteiger charge is -2.07. The van der Waals surface area contributed by atoms with Crippen molar-refractivity contribution in [3.05, 3.63) is 53.5 Å². The molecule has 9 heteroatoms. The summed E-state index contributed by atoms with van der Waals surface area (Å²) >= 11 is 1.30. The molecule has 26 heavy (non-hydrogen) atoms. The maximum absolute atomic E-state index is 11.4. The van der Waals surface area contributed by atoms with E-state index in [0.717, 1.165) is 0 Å². The van der Waals surface area contributed by atoms with Gasteiger partial charge in [0.05, 0.1) is 19.1 Å². The van der Waals surface area contributed by atoms with Crippen LogP contribution in [-0.2, 0) is 16.1 Å². The van der Waals surface area contributed by atoms with Gasteiger partial charge in [-0.05, 0) is 24.3 Å². The van der Waals surface area contributed by atoms with E-state index in [0.29, 0.717) is 28.0 Å². The van der Waals surface area contributed by atoms with Gasteiger partial charge in [0.15, 0.2) is 5.17 Å².